The van der Waals surface area contributed by atoms with Crippen LogP contribution < -0.4 is 10.5 Å². The van der Waals surface area contributed by atoms with Gasteiger partial charge in [0.25, 0.3) is 0 Å². The van der Waals surface area contributed by atoms with E-state index in [-0.39, 0.29) is 0 Å². The summed E-state index contributed by atoms with van der Waals surface area (Å²) in [5.41, 5.74) is 6.22. The maximum absolute atomic E-state index is 5.95. The zero-order valence-corrected chi connectivity index (χ0v) is 10.2. The fourth-order valence-electron chi connectivity index (χ4n) is 1.52. The fourth-order valence-corrected chi connectivity index (χ4v) is 1.69. The van der Waals surface area contributed by atoms with Crippen LogP contribution in [0.15, 0.2) is 18.2 Å². The molecule has 0 fully saturated rings. The van der Waals surface area contributed by atoms with Gasteiger partial charge in [0.05, 0.1) is 12.7 Å². The quantitative estimate of drug-likeness (QED) is 0.867. The summed E-state index contributed by atoms with van der Waals surface area (Å²) in [6.45, 7) is 0.529. The number of nitrogens with one attached hydrogen (secondary N) is 1. The van der Waals surface area contributed by atoms with E-state index in [4.69, 9.17) is 22.1 Å². The highest BCUT2D eigenvalue weighted by Gasteiger charge is 2.11. The summed E-state index contributed by atoms with van der Waals surface area (Å²) in [6.07, 6.45) is 0.663. The van der Waals surface area contributed by atoms with Crippen molar-refractivity contribution in [1.82, 2.24) is 15.2 Å². The molecule has 0 saturated heterocycles. The minimum absolute atomic E-state index is 0.529. The van der Waals surface area contributed by atoms with Gasteiger partial charge in [-0.2, -0.15) is 5.10 Å². The van der Waals surface area contributed by atoms with Crippen LogP contribution in [0, 0.1) is 0 Å². The maximum Gasteiger partial charge on any atom is 0.184 e. The zero-order valence-electron chi connectivity index (χ0n) is 9.40. The van der Waals surface area contributed by atoms with Gasteiger partial charge >= 0.3 is 0 Å². The number of methoxy groups -OCH3 is 1. The van der Waals surface area contributed by atoms with Crippen LogP contribution in [0.4, 0.5) is 0 Å². The Morgan fingerprint density at radius 1 is 1.47 bits per heavy atom. The van der Waals surface area contributed by atoms with Gasteiger partial charge in [-0.05, 0) is 24.7 Å². The number of hydrogen-bond acceptors (Lipinski definition) is 4. The van der Waals surface area contributed by atoms with Gasteiger partial charge in [0.1, 0.15) is 11.6 Å². The van der Waals surface area contributed by atoms with Crippen LogP contribution in [0.3, 0.4) is 0 Å². The summed E-state index contributed by atoms with van der Waals surface area (Å²) in [4.78, 5) is 4.33. The second kappa shape index (κ2) is 5.16. The van der Waals surface area contributed by atoms with Crippen LogP contribution in [0.1, 0.15) is 5.82 Å². The summed E-state index contributed by atoms with van der Waals surface area (Å²) in [5.74, 6) is 2.00. The molecule has 0 bridgehead atoms. The van der Waals surface area contributed by atoms with E-state index in [0.29, 0.717) is 29.6 Å². The molecule has 5 nitrogen and oxygen atoms in total. The average Bonchev–Trinajstić information content (AvgIpc) is 2.78. The van der Waals surface area contributed by atoms with E-state index in [1.54, 1.807) is 25.3 Å². The number of rotatable bonds is 4. The van der Waals surface area contributed by atoms with Crippen LogP contribution in [-0.2, 0) is 6.42 Å². The lowest BCUT2D eigenvalue weighted by Crippen LogP contribution is -2.03. The molecule has 17 heavy (non-hydrogen) atoms. The topological polar surface area (TPSA) is 76.8 Å². The molecule has 1 aromatic heterocycles. The number of hydrogen-bond donors (Lipinski definition) is 2. The summed E-state index contributed by atoms with van der Waals surface area (Å²) < 4.78 is 5.25. The number of aromatic amines is 1. The zero-order chi connectivity index (χ0) is 12.3. The molecule has 0 aliphatic carbocycles. The summed E-state index contributed by atoms with van der Waals surface area (Å²) in [5, 5.41) is 7.58. The van der Waals surface area contributed by atoms with E-state index < -0.39 is 0 Å². The van der Waals surface area contributed by atoms with Crippen LogP contribution >= 0.6 is 11.6 Å². The molecule has 0 radical (unpaired) electrons. The smallest absolute Gasteiger partial charge is 0.184 e. The van der Waals surface area contributed by atoms with E-state index in [2.05, 4.69) is 15.2 Å². The van der Waals surface area contributed by atoms with E-state index in [1.165, 1.54) is 0 Å². The first kappa shape index (κ1) is 11.9. The monoisotopic (exact) mass is 252 g/mol. The fraction of sp³-hybridized carbons (Fsp3) is 0.273. The summed E-state index contributed by atoms with van der Waals surface area (Å²) in [7, 11) is 1.60. The van der Waals surface area contributed by atoms with Crippen molar-refractivity contribution in [3.05, 3.63) is 29.0 Å². The number of aromatic nitrogens is 3. The Balaban J connectivity index is 2.40. The van der Waals surface area contributed by atoms with Crippen LogP contribution in [-0.4, -0.2) is 28.8 Å². The molecule has 0 amide bonds. The Kier molecular flexibility index (Phi) is 3.61. The summed E-state index contributed by atoms with van der Waals surface area (Å²) >= 11 is 5.95. The molecule has 1 aromatic carbocycles. The van der Waals surface area contributed by atoms with Gasteiger partial charge in [-0.1, -0.05) is 11.6 Å². The Morgan fingerprint density at radius 3 is 3.00 bits per heavy atom. The second-order valence-electron chi connectivity index (χ2n) is 3.49. The minimum Gasteiger partial charge on any atom is -0.496 e. The first-order chi connectivity index (χ1) is 8.24. The number of ether oxygens (including phenoxy) is 1. The van der Waals surface area contributed by atoms with Gasteiger partial charge in [-0.3, -0.25) is 5.10 Å². The molecule has 0 spiro atoms. The van der Waals surface area contributed by atoms with Gasteiger partial charge in [-0.15, -0.1) is 0 Å². The van der Waals surface area contributed by atoms with Crippen molar-refractivity contribution in [2.45, 2.75) is 6.42 Å². The first-order valence-electron chi connectivity index (χ1n) is 5.20. The molecular formula is C11H13ClN4O. The normalized spacial score (nSPS) is 10.5. The molecule has 0 saturated carbocycles. The third kappa shape index (κ3) is 2.57. The molecule has 2 rings (SSSR count). The number of nitrogens with two attached hydrogens (primary N) is 1. The highest BCUT2D eigenvalue weighted by Crippen LogP contribution is 2.30. The minimum atomic E-state index is 0.529. The highest BCUT2D eigenvalue weighted by atomic mass is 35.5. The Hall–Kier alpha value is -1.59. The van der Waals surface area contributed by atoms with E-state index >= 15 is 0 Å². The van der Waals surface area contributed by atoms with E-state index in [1.807, 2.05) is 0 Å². The predicted molar refractivity (Wildman–Crippen MR) is 66.1 cm³/mol. The number of halogens is 1. The lowest BCUT2D eigenvalue weighted by molar-refractivity contribution is 0.416. The summed E-state index contributed by atoms with van der Waals surface area (Å²) in [6, 6.07) is 5.32. The average molecular weight is 253 g/mol. The molecule has 0 unspecified atom stereocenters. The van der Waals surface area contributed by atoms with Crippen molar-refractivity contribution in [3.8, 4) is 17.1 Å². The third-order valence-corrected chi connectivity index (χ3v) is 2.55. The molecule has 0 aliphatic rings. The maximum atomic E-state index is 5.95. The number of nitrogens with zero attached hydrogens (tertiary/aromatic N) is 2. The molecular weight excluding hydrogens is 240 g/mol. The molecule has 90 valence electrons. The number of H-pyrrole nitrogens is 1. The Labute approximate surface area is 104 Å². The van der Waals surface area contributed by atoms with Crippen molar-refractivity contribution in [3.63, 3.8) is 0 Å². The molecule has 2 aromatic rings. The van der Waals surface area contributed by atoms with Gasteiger partial charge in [0.15, 0.2) is 5.82 Å². The SMILES string of the molecule is COc1ccc(Cl)cc1-c1n[nH]c(CCN)n1. The lowest BCUT2D eigenvalue weighted by atomic mass is 10.2. The van der Waals surface area contributed by atoms with Gasteiger partial charge in [0.2, 0.25) is 0 Å². The van der Waals surface area contributed by atoms with Crippen molar-refractivity contribution in [2.75, 3.05) is 13.7 Å². The third-order valence-electron chi connectivity index (χ3n) is 2.32. The number of benzene rings is 1. The molecule has 1 heterocycles. The first-order valence-corrected chi connectivity index (χ1v) is 5.57. The molecule has 6 heteroatoms. The van der Waals surface area contributed by atoms with Gasteiger partial charge in [-0.25, -0.2) is 4.98 Å². The standard InChI is InChI=1S/C11H13ClN4O/c1-17-9-3-2-7(12)6-8(9)11-14-10(4-5-13)15-16-11/h2-3,6H,4-5,13H2,1H3,(H,14,15,16). The molecule has 3 N–H and O–H groups in total. The van der Waals surface area contributed by atoms with Crippen molar-refractivity contribution in [1.29, 1.82) is 0 Å². The van der Waals surface area contributed by atoms with Gasteiger partial charge < -0.3 is 10.5 Å². The molecule has 0 atom stereocenters. The van der Waals surface area contributed by atoms with E-state index in [0.717, 1.165) is 11.4 Å². The second-order valence-corrected chi connectivity index (χ2v) is 3.93. The Bertz CT molecular complexity index is 512. The molecule has 0 aliphatic heterocycles. The Morgan fingerprint density at radius 2 is 2.29 bits per heavy atom. The highest BCUT2D eigenvalue weighted by molar-refractivity contribution is 6.30. The van der Waals surface area contributed by atoms with Crippen molar-refractivity contribution < 1.29 is 4.74 Å². The van der Waals surface area contributed by atoms with Crippen molar-refractivity contribution >= 4 is 11.6 Å². The predicted octanol–water partition coefficient (Wildman–Crippen LogP) is 1.63. The lowest BCUT2D eigenvalue weighted by Gasteiger charge is -2.05. The van der Waals surface area contributed by atoms with Crippen LogP contribution in [0.2, 0.25) is 5.02 Å². The van der Waals surface area contributed by atoms with Crippen LogP contribution in [0.5, 0.6) is 5.75 Å². The van der Waals surface area contributed by atoms with Crippen LogP contribution in [0.25, 0.3) is 11.4 Å². The van der Waals surface area contributed by atoms with Gasteiger partial charge in [0, 0.05) is 11.4 Å². The van der Waals surface area contributed by atoms with Crippen molar-refractivity contribution in [2.24, 2.45) is 5.73 Å². The van der Waals surface area contributed by atoms with E-state index in [9.17, 15) is 0 Å². The largest absolute Gasteiger partial charge is 0.496 e.